The van der Waals surface area contributed by atoms with Crippen molar-refractivity contribution in [3.8, 4) is 5.69 Å². The maximum absolute atomic E-state index is 12.5. The largest absolute Gasteiger partial charge is 0.341 e. The van der Waals surface area contributed by atoms with Crippen molar-refractivity contribution < 1.29 is 13.2 Å². The summed E-state index contributed by atoms with van der Waals surface area (Å²) < 4.78 is 26.7. The number of fused-ring (bicyclic) bond motifs is 1. The van der Waals surface area contributed by atoms with Crippen LogP contribution in [-0.4, -0.2) is 63.2 Å². The Morgan fingerprint density at radius 2 is 1.96 bits per heavy atom. The Hall–Kier alpha value is -2.39. The van der Waals surface area contributed by atoms with Gasteiger partial charge in [-0.15, -0.1) is 0 Å². The highest BCUT2D eigenvalue weighted by atomic mass is 35.5. The van der Waals surface area contributed by atoms with Crippen LogP contribution in [0.2, 0.25) is 5.15 Å². The predicted molar refractivity (Wildman–Crippen MR) is 106 cm³/mol. The van der Waals surface area contributed by atoms with Crippen molar-refractivity contribution in [1.29, 1.82) is 0 Å². The second-order valence-corrected chi connectivity index (χ2v) is 9.63. The summed E-state index contributed by atoms with van der Waals surface area (Å²) in [6.45, 7) is 0.547. The Labute approximate surface area is 167 Å². The lowest BCUT2D eigenvalue weighted by Crippen LogP contribution is -2.43. The van der Waals surface area contributed by atoms with E-state index >= 15 is 0 Å². The van der Waals surface area contributed by atoms with Crippen molar-refractivity contribution in [1.82, 2.24) is 24.2 Å². The van der Waals surface area contributed by atoms with Crippen LogP contribution in [0.5, 0.6) is 0 Å². The maximum atomic E-state index is 12.5. The van der Waals surface area contributed by atoms with Gasteiger partial charge in [0.2, 0.25) is 5.91 Å². The molecule has 0 bridgehead atoms. The Morgan fingerprint density at radius 3 is 2.64 bits per heavy atom. The summed E-state index contributed by atoms with van der Waals surface area (Å²) in [6.07, 6.45) is 6.43. The smallest absolute Gasteiger partial charge is 0.222 e. The molecule has 28 heavy (non-hydrogen) atoms. The van der Waals surface area contributed by atoms with E-state index in [-0.39, 0.29) is 30.5 Å². The number of carbonyl (C=O) groups excluding carboxylic acids is 1. The molecule has 10 heteroatoms. The van der Waals surface area contributed by atoms with Gasteiger partial charge in [0.25, 0.3) is 0 Å². The number of halogens is 1. The van der Waals surface area contributed by atoms with Gasteiger partial charge in [-0.1, -0.05) is 11.6 Å². The minimum absolute atomic E-state index is 0.0286. The zero-order valence-electron chi connectivity index (χ0n) is 15.4. The second kappa shape index (κ2) is 7.21. The number of rotatable bonds is 4. The first-order valence-electron chi connectivity index (χ1n) is 8.96. The number of amides is 1. The average molecular weight is 422 g/mol. The van der Waals surface area contributed by atoms with E-state index in [0.717, 1.165) is 16.6 Å². The molecule has 4 heterocycles. The Morgan fingerprint density at radius 1 is 1.21 bits per heavy atom. The zero-order valence-corrected chi connectivity index (χ0v) is 16.9. The van der Waals surface area contributed by atoms with E-state index < -0.39 is 9.84 Å². The standard InChI is InChI=1S/C18H20ClN5O3S/c1-22-12-14(10-20-22)24-11-13(15-3-4-16(19)21-18(15)24)2-5-17(25)23-6-8-28(26,27)9-7-23/h3-4,10-12H,2,5-9H2,1H3. The van der Waals surface area contributed by atoms with E-state index in [1.165, 1.54) is 0 Å². The van der Waals surface area contributed by atoms with E-state index in [1.54, 1.807) is 21.8 Å². The minimum Gasteiger partial charge on any atom is -0.341 e. The Balaban J connectivity index is 1.56. The van der Waals surface area contributed by atoms with E-state index in [0.29, 0.717) is 23.6 Å². The molecule has 1 fully saturated rings. The fraction of sp³-hybridized carbons (Fsp3) is 0.389. The summed E-state index contributed by atoms with van der Waals surface area (Å²) in [7, 11) is -1.16. The van der Waals surface area contributed by atoms with Gasteiger partial charge < -0.3 is 4.90 Å². The molecule has 8 nitrogen and oxygen atoms in total. The molecule has 148 valence electrons. The normalized spacial score (nSPS) is 16.6. The number of hydrogen-bond donors (Lipinski definition) is 0. The third-order valence-corrected chi connectivity index (χ3v) is 6.79. The summed E-state index contributed by atoms with van der Waals surface area (Å²) in [5, 5.41) is 5.53. The summed E-state index contributed by atoms with van der Waals surface area (Å²) in [6, 6.07) is 3.64. The van der Waals surface area contributed by atoms with Gasteiger partial charge in [0.05, 0.1) is 23.4 Å². The first kappa shape index (κ1) is 18.9. The quantitative estimate of drug-likeness (QED) is 0.597. The zero-order chi connectivity index (χ0) is 19.9. The molecule has 0 spiro atoms. The van der Waals surface area contributed by atoms with Crippen molar-refractivity contribution in [2.24, 2.45) is 7.05 Å². The van der Waals surface area contributed by atoms with Crippen LogP contribution >= 0.6 is 11.6 Å². The highest BCUT2D eigenvalue weighted by molar-refractivity contribution is 7.91. The van der Waals surface area contributed by atoms with Crippen LogP contribution in [0.15, 0.2) is 30.7 Å². The SMILES string of the molecule is Cn1cc(-n2cc(CCC(=O)N3CCS(=O)(=O)CC3)c3ccc(Cl)nc32)cn1. The van der Waals surface area contributed by atoms with E-state index in [4.69, 9.17) is 11.6 Å². The molecule has 0 radical (unpaired) electrons. The number of aryl methyl sites for hydroxylation is 2. The minimum atomic E-state index is -3.00. The summed E-state index contributed by atoms with van der Waals surface area (Å²) in [5.41, 5.74) is 2.56. The highest BCUT2D eigenvalue weighted by Gasteiger charge is 2.25. The van der Waals surface area contributed by atoms with Gasteiger partial charge in [-0.05, 0) is 24.1 Å². The highest BCUT2D eigenvalue weighted by Crippen LogP contribution is 2.26. The van der Waals surface area contributed by atoms with Crippen LogP contribution in [0, 0.1) is 0 Å². The monoisotopic (exact) mass is 421 g/mol. The van der Waals surface area contributed by atoms with Crippen molar-refractivity contribution in [3.05, 3.63) is 41.4 Å². The second-order valence-electron chi connectivity index (χ2n) is 6.93. The van der Waals surface area contributed by atoms with Crippen LogP contribution in [0.4, 0.5) is 0 Å². The van der Waals surface area contributed by atoms with Crippen LogP contribution in [-0.2, 0) is 28.1 Å². The van der Waals surface area contributed by atoms with E-state index in [2.05, 4.69) is 10.1 Å². The van der Waals surface area contributed by atoms with Crippen LogP contribution in [0.3, 0.4) is 0 Å². The number of nitrogens with zero attached hydrogens (tertiary/aromatic N) is 5. The van der Waals surface area contributed by atoms with Gasteiger partial charge in [-0.25, -0.2) is 13.4 Å². The van der Waals surface area contributed by atoms with Crippen molar-refractivity contribution in [2.45, 2.75) is 12.8 Å². The average Bonchev–Trinajstić information content (AvgIpc) is 3.23. The molecule has 3 aromatic heterocycles. The number of pyridine rings is 1. The molecule has 0 atom stereocenters. The molecule has 3 aromatic rings. The lowest BCUT2D eigenvalue weighted by molar-refractivity contribution is -0.130. The molecule has 1 saturated heterocycles. The van der Waals surface area contributed by atoms with Crippen molar-refractivity contribution in [3.63, 3.8) is 0 Å². The third-order valence-electron chi connectivity index (χ3n) is 4.97. The molecule has 0 saturated carbocycles. The number of aromatic nitrogens is 4. The van der Waals surface area contributed by atoms with Crippen molar-refractivity contribution in [2.75, 3.05) is 24.6 Å². The Kier molecular flexibility index (Phi) is 4.88. The van der Waals surface area contributed by atoms with Crippen LogP contribution in [0.25, 0.3) is 16.7 Å². The molecule has 0 N–H and O–H groups in total. The maximum Gasteiger partial charge on any atom is 0.222 e. The molecule has 0 unspecified atom stereocenters. The summed E-state index contributed by atoms with van der Waals surface area (Å²) in [5.74, 6) is 0.0576. The summed E-state index contributed by atoms with van der Waals surface area (Å²) >= 11 is 6.09. The molecule has 0 aromatic carbocycles. The third kappa shape index (κ3) is 3.77. The molecule has 1 amide bonds. The van der Waals surface area contributed by atoms with E-state index in [9.17, 15) is 13.2 Å². The number of hydrogen-bond acceptors (Lipinski definition) is 5. The fourth-order valence-corrected chi connectivity index (χ4v) is 4.78. The van der Waals surface area contributed by atoms with Crippen LogP contribution in [0.1, 0.15) is 12.0 Å². The van der Waals surface area contributed by atoms with Gasteiger partial charge in [0.1, 0.15) is 10.8 Å². The summed E-state index contributed by atoms with van der Waals surface area (Å²) in [4.78, 5) is 18.6. The topological polar surface area (TPSA) is 90.1 Å². The molecule has 1 aliphatic rings. The van der Waals surface area contributed by atoms with Crippen molar-refractivity contribution >= 4 is 38.4 Å². The van der Waals surface area contributed by atoms with Gasteiger partial charge in [-0.3, -0.25) is 14.0 Å². The number of carbonyl (C=O) groups is 1. The van der Waals surface area contributed by atoms with Gasteiger partial charge in [0, 0.05) is 44.3 Å². The van der Waals surface area contributed by atoms with Crippen LogP contribution < -0.4 is 0 Å². The number of sulfone groups is 1. The molecular formula is C18H20ClN5O3S. The molecular weight excluding hydrogens is 402 g/mol. The predicted octanol–water partition coefficient (Wildman–Crippen LogP) is 1.60. The lowest BCUT2D eigenvalue weighted by Gasteiger charge is -2.26. The Bertz CT molecular complexity index is 1140. The molecule has 4 rings (SSSR count). The fourth-order valence-electron chi connectivity index (χ4n) is 3.44. The van der Waals surface area contributed by atoms with Gasteiger partial charge >= 0.3 is 0 Å². The first-order valence-corrected chi connectivity index (χ1v) is 11.2. The lowest BCUT2D eigenvalue weighted by atomic mass is 10.1. The molecule has 0 aliphatic carbocycles. The van der Waals surface area contributed by atoms with Gasteiger partial charge in [-0.2, -0.15) is 5.10 Å². The van der Waals surface area contributed by atoms with Gasteiger partial charge in [0.15, 0.2) is 9.84 Å². The first-order chi connectivity index (χ1) is 13.3. The molecule has 1 aliphatic heterocycles. The van der Waals surface area contributed by atoms with E-state index in [1.807, 2.05) is 30.1 Å².